The molecule has 0 aliphatic rings. The molecule has 0 saturated heterocycles. The van der Waals surface area contributed by atoms with Crippen LogP contribution in [-0.2, 0) is 0 Å². The van der Waals surface area contributed by atoms with E-state index in [2.05, 4.69) is 11.1 Å². The summed E-state index contributed by atoms with van der Waals surface area (Å²) in [6.07, 6.45) is 0. The zero-order valence-corrected chi connectivity index (χ0v) is 10.6. The third kappa shape index (κ3) is 1.43. The number of phenolic OH excluding ortho intramolecular Hbond substituents is 1. The van der Waals surface area contributed by atoms with Crippen LogP contribution >= 0.6 is 0 Å². The Morgan fingerprint density at radius 3 is 2.55 bits per heavy atom. The molecule has 1 aromatic heterocycles. The van der Waals surface area contributed by atoms with Crippen molar-refractivity contribution in [3.8, 4) is 5.75 Å². The van der Waals surface area contributed by atoms with Crippen LogP contribution in [0.3, 0.4) is 0 Å². The van der Waals surface area contributed by atoms with Gasteiger partial charge in [0.1, 0.15) is 0 Å². The Kier molecular flexibility index (Phi) is 2.12. The molecule has 4 rings (SSSR count). The number of aromatic nitrogens is 1. The maximum Gasteiger partial charge on any atom is 0.220 e. The number of hydrogen-bond acceptors (Lipinski definition) is 2. The van der Waals surface area contributed by atoms with Crippen LogP contribution in [0.5, 0.6) is 5.75 Å². The Hall–Kier alpha value is -2.81. The third-order valence-electron chi connectivity index (χ3n) is 3.70. The maximum atomic E-state index is 11.5. The van der Waals surface area contributed by atoms with E-state index in [0.717, 1.165) is 27.2 Å². The molecule has 0 aliphatic carbocycles. The predicted molar refractivity (Wildman–Crippen MR) is 81.2 cm³/mol. The number of pyridine rings is 1. The largest absolute Gasteiger partial charge is 0.504 e. The molecule has 96 valence electrons. The number of hydrogen-bond donors (Lipinski definition) is 2. The van der Waals surface area contributed by atoms with Crippen LogP contribution in [-0.4, -0.2) is 10.1 Å². The van der Waals surface area contributed by atoms with Crippen LogP contribution in [0.25, 0.3) is 32.6 Å². The minimum absolute atomic E-state index is 0.189. The topological polar surface area (TPSA) is 53.1 Å². The van der Waals surface area contributed by atoms with Gasteiger partial charge in [0, 0.05) is 16.3 Å². The minimum atomic E-state index is -0.349. The van der Waals surface area contributed by atoms with Gasteiger partial charge in [-0.25, -0.2) is 0 Å². The molecule has 0 bridgehead atoms. The average molecular weight is 261 g/mol. The fourth-order valence-electron chi connectivity index (χ4n) is 2.69. The van der Waals surface area contributed by atoms with Crippen LogP contribution in [0.2, 0.25) is 0 Å². The molecule has 0 radical (unpaired) electrons. The summed E-state index contributed by atoms with van der Waals surface area (Å²) >= 11 is 0. The van der Waals surface area contributed by atoms with E-state index < -0.39 is 0 Å². The second kappa shape index (κ2) is 3.84. The Balaban J connectivity index is 2.26. The van der Waals surface area contributed by atoms with Gasteiger partial charge in [0.25, 0.3) is 0 Å². The van der Waals surface area contributed by atoms with Gasteiger partial charge in [0.05, 0.1) is 5.52 Å². The molecular weight excluding hydrogens is 250 g/mol. The summed E-state index contributed by atoms with van der Waals surface area (Å²) in [6, 6.07) is 17.0. The minimum Gasteiger partial charge on any atom is -0.504 e. The predicted octanol–water partition coefficient (Wildman–Crippen LogP) is 3.54. The number of fused-ring (bicyclic) bond motifs is 4. The summed E-state index contributed by atoms with van der Waals surface area (Å²) in [5.74, 6) is -0.189. The number of phenols is 1. The molecule has 0 saturated carbocycles. The van der Waals surface area contributed by atoms with E-state index in [1.807, 2.05) is 30.3 Å². The first-order valence-electron chi connectivity index (χ1n) is 6.40. The van der Waals surface area contributed by atoms with Gasteiger partial charge in [-0.05, 0) is 41.1 Å². The SMILES string of the molecule is O=c1ccc2c(ccc3cc4ccccc4[nH]c32)c1O. The van der Waals surface area contributed by atoms with Crippen LogP contribution in [0.15, 0.2) is 59.4 Å². The molecule has 1 heterocycles. The molecule has 0 fully saturated rings. The summed E-state index contributed by atoms with van der Waals surface area (Å²) in [6.45, 7) is 0. The summed E-state index contributed by atoms with van der Waals surface area (Å²) in [4.78, 5) is 14.9. The smallest absolute Gasteiger partial charge is 0.220 e. The first-order valence-corrected chi connectivity index (χ1v) is 6.40. The first kappa shape index (κ1) is 11.1. The van der Waals surface area contributed by atoms with E-state index in [1.165, 1.54) is 6.07 Å². The molecule has 0 amide bonds. The van der Waals surface area contributed by atoms with Crippen molar-refractivity contribution in [3.05, 3.63) is 64.8 Å². The summed E-state index contributed by atoms with van der Waals surface area (Å²) < 4.78 is 0. The first-order chi connectivity index (χ1) is 9.74. The number of benzene rings is 3. The van der Waals surface area contributed by atoms with Crippen LogP contribution in [0.4, 0.5) is 0 Å². The van der Waals surface area contributed by atoms with E-state index in [4.69, 9.17) is 0 Å². The van der Waals surface area contributed by atoms with Crippen molar-refractivity contribution in [2.45, 2.75) is 0 Å². The van der Waals surface area contributed by atoms with Crippen molar-refractivity contribution in [3.63, 3.8) is 0 Å². The van der Waals surface area contributed by atoms with Crippen molar-refractivity contribution >= 4 is 32.6 Å². The summed E-state index contributed by atoms with van der Waals surface area (Å²) in [5, 5.41) is 13.5. The normalized spacial score (nSPS) is 11.4. The molecule has 3 heteroatoms. The highest BCUT2D eigenvalue weighted by Crippen LogP contribution is 2.29. The molecule has 0 atom stereocenters. The number of H-pyrrole nitrogens is 1. The second-order valence-corrected chi connectivity index (χ2v) is 4.89. The van der Waals surface area contributed by atoms with Gasteiger partial charge in [-0.3, -0.25) is 4.79 Å². The molecular formula is C17H11NO2. The Labute approximate surface area is 114 Å². The lowest BCUT2D eigenvalue weighted by Crippen LogP contribution is -1.97. The molecule has 3 aromatic carbocycles. The van der Waals surface area contributed by atoms with Gasteiger partial charge in [0.15, 0.2) is 5.75 Å². The molecule has 0 spiro atoms. The van der Waals surface area contributed by atoms with Gasteiger partial charge in [-0.1, -0.05) is 24.3 Å². The van der Waals surface area contributed by atoms with Crippen molar-refractivity contribution in [2.24, 2.45) is 0 Å². The van der Waals surface area contributed by atoms with Gasteiger partial charge in [0.2, 0.25) is 5.43 Å². The second-order valence-electron chi connectivity index (χ2n) is 4.89. The highest BCUT2D eigenvalue weighted by molar-refractivity contribution is 6.09. The number of aromatic amines is 1. The molecule has 2 N–H and O–H groups in total. The summed E-state index contributed by atoms with van der Waals surface area (Å²) in [7, 11) is 0. The van der Waals surface area contributed by atoms with E-state index >= 15 is 0 Å². The molecule has 0 aliphatic heterocycles. The monoisotopic (exact) mass is 261 g/mol. The van der Waals surface area contributed by atoms with E-state index in [-0.39, 0.29) is 11.2 Å². The Morgan fingerprint density at radius 2 is 1.65 bits per heavy atom. The van der Waals surface area contributed by atoms with Crippen molar-refractivity contribution in [1.82, 2.24) is 4.98 Å². The van der Waals surface area contributed by atoms with Crippen LogP contribution in [0.1, 0.15) is 0 Å². The van der Waals surface area contributed by atoms with Gasteiger partial charge >= 0.3 is 0 Å². The maximum absolute atomic E-state index is 11.5. The standard InChI is InChI=1S/C17H11NO2/c19-15-8-7-12-13(17(15)20)6-5-11-9-10-3-1-2-4-14(10)18-16(11)12/h1-9,18,20H. The van der Waals surface area contributed by atoms with E-state index in [9.17, 15) is 9.90 Å². The van der Waals surface area contributed by atoms with Gasteiger partial charge < -0.3 is 10.1 Å². The Bertz CT molecular complexity index is 1030. The van der Waals surface area contributed by atoms with Gasteiger partial charge in [-0.2, -0.15) is 0 Å². The molecule has 0 unspecified atom stereocenters. The Morgan fingerprint density at radius 1 is 0.850 bits per heavy atom. The lowest BCUT2D eigenvalue weighted by molar-refractivity contribution is 0.477. The van der Waals surface area contributed by atoms with Gasteiger partial charge in [-0.15, -0.1) is 0 Å². The quantitative estimate of drug-likeness (QED) is 0.376. The van der Waals surface area contributed by atoms with Crippen molar-refractivity contribution in [2.75, 3.05) is 0 Å². The van der Waals surface area contributed by atoms with E-state index in [0.29, 0.717) is 5.39 Å². The number of para-hydroxylation sites is 1. The molecule has 3 nitrogen and oxygen atoms in total. The number of nitrogens with one attached hydrogen (secondary N) is 1. The fourth-order valence-corrected chi connectivity index (χ4v) is 2.69. The lowest BCUT2D eigenvalue weighted by Gasteiger charge is -2.07. The molecule has 4 aromatic rings. The zero-order chi connectivity index (χ0) is 13.7. The summed E-state index contributed by atoms with van der Waals surface area (Å²) in [5.41, 5.74) is 1.60. The highest BCUT2D eigenvalue weighted by Gasteiger charge is 2.08. The number of aromatic hydroxyl groups is 1. The highest BCUT2D eigenvalue weighted by atomic mass is 16.3. The zero-order valence-electron chi connectivity index (χ0n) is 10.6. The third-order valence-corrected chi connectivity index (χ3v) is 3.70. The van der Waals surface area contributed by atoms with Crippen molar-refractivity contribution < 1.29 is 5.11 Å². The van der Waals surface area contributed by atoms with Crippen LogP contribution < -0.4 is 5.43 Å². The molecule has 20 heavy (non-hydrogen) atoms. The average Bonchev–Trinajstić information content (AvgIpc) is 2.48. The van der Waals surface area contributed by atoms with E-state index in [1.54, 1.807) is 12.1 Å². The van der Waals surface area contributed by atoms with Crippen molar-refractivity contribution in [1.29, 1.82) is 0 Å². The lowest BCUT2D eigenvalue weighted by atomic mass is 10.0. The van der Waals surface area contributed by atoms with Crippen LogP contribution in [0, 0.1) is 0 Å². The fraction of sp³-hybridized carbons (Fsp3) is 0. The number of rotatable bonds is 0.